The average Bonchev–Trinajstić information content (AvgIpc) is 2.34. The van der Waals surface area contributed by atoms with E-state index < -0.39 is 0 Å². The topological polar surface area (TPSA) is 47.6 Å². The number of esters is 1. The SMILES string of the molecule is CCOC(=O)COCCNc1cccc(C)c1Br. The molecule has 0 saturated heterocycles. The molecule has 0 amide bonds. The van der Waals surface area contributed by atoms with Gasteiger partial charge in [-0.3, -0.25) is 0 Å². The van der Waals surface area contributed by atoms with Gasteiger partial charge in [0.05, 0.1) is 13.2 Å². The number of aryl methyl sites for hydroxylation is 1. The summed E-state index contributed by atoms with van der Waals surface area (Å²) in [6.45, 7) is 5.29. The van der Waals surface area contributed by atoms with E-state index >= 15 is 0 Å². The lowest BCUT2D eigenvalue weighted by Crippen LogP contribution is -2.16. The van der Waals surface area contributed by atoms with Crippen LogP contribution < -0.4 is 5.32 Å². The number of ether oxygens (including phenoxy) is 2. The molecule has 100 valence electrons. The molecule has 0 aliphatic carbocycles. The maximum Gasteiger partial charge on any atom is 0.332 e. The predicted molar refractivity (Wildman–Crippen MR) is 74.8 cm³/mol. The maximum atomic E-state index is 11.0. The second-order valence-corrected chi connectivity index (χ2v) is 4.51. The molecule has 0 atom stereocenters. The number of carbonyl (C=O) groups excluding carboxylic acids is 1. The molecule has 1 rings (SSSR count). The van der Waals surface area contributed by atoms with Gasteiger partial charge in [0, 0.05) is 16.7 Å². The Bertz CT molecular complexity index is 396. The molecule has 0 aliphatic heterocycles. The lowest BCUT2D eigenvalue weighted by Gasteiger charge is -2.10. The van der Waals surface area contributed by atoms with Crippen LogP contribution in [0.15, 0.2) is 22.7 Å². The van der Waals surface area contributed by atoms with Crippen molar-refractivity contribution in [3.05, 3.63) is 28.2 Å². The first kappa shape index (κ1) is 15.0. The molecular weight excluding hydrogens is 298 g/mol. The molecule has 5 heteroatoms. The molecule has 0 aliphatic rings. The lowest BCUT2D eigenvalue weighted by molar-refractivity contribution is -0.148. The monoisotopic (exact) mass is 315 g/mol. The van der Waals surface area contributed by atoms with Crippen molar-refractivity contribution in [3.63, 3.8) is 0 Å². The first-order valence-electron chi connectivity index (χ1n) is 5.87. The summed E-state index contributed by atoms with van der Waals surface area (Å²) in [4.78, 5) is 11.0. The van der Waals surface area contributed by atoms with Crippen LogP contribution in [-0.4, -0.2) is 32.3 Å². The van der Waals surface area contributed by atoms with Gasteiger partial charge >= 0.3 is 5.97 Å². The number of carbonyl (C=O) groups is 1. The third kappa shape index (κ3) is 5.06. The van der Waals surface area contributed by atoms with Crippen molar-refractivity contribution in [2.75, 3.05) is 31.7 Å². The van der Waals surface area contributed by atoms with Gasteiger partial charge in [-0.05, 0) is 41.4 Å². The smallest absolute Gasteiger partial charge is 0.332 e. The normalized spacial score (nSPS) is 10.2. The number of rotatable bonds is 7. The molecule has 18 heavy (non-hydrogen) atoms. The molecule has 0 bridgehead atoms. The highest BCUT2D eigenvalue weighted by molar-refractivity contribution is 9.10. The highest BCUT2D eigenvalue weighted by atomic mass is 79.9. The second-order valence-electron chi connectivity index (χ2n) is 3.72. The maximum absolute atomic E-state index is 11.0. The van der Waals surface area contributed by atoms with E-state index in [0.29, 0.717) is 19.8 Å². The molecule has 0 spiro atoms. The summed E-state index contributed by atoms with van der Waals surface area (Å²) >= 11 is 3.52. The third-order valence-electron chi connectivity index (χ3n) is 2.28. The minimum absolute atomic E-state index is 0.00447. The fourth-order valence-corrected chi connectivity index (χ4v) is 1.80. The van der Waals surface area contributed by atoms with Crippen LogP contribution in [0.1, 0.15) is 12.5 Å². The van der Waals surface area contributed by atoms with Gasteiger partial charge in [0.2, 0.25) is 0 Å². The van der Waals surface area contributed by atoms with Crippen molar-refractivity contribution >= 4 is 27.6 Å². The Labute approximate surface area is 116 Å². The zero-order chi connectivity index (χ0) is 13.4. The highest BCUT2D eigenvalue weighted by Gasteiger charge is 2.02. The molecule has 0 radical (unpaired) electrons. The third-order valence-corrected chi connectivity index (χ3v) is 3.33. The zero-order valence-electron chi connectivity index (χ0n) is 10.7. The molecule has 0 saturated carbocycles. The van der Waals surface area contributed by atoms with Crippen molar-refractivity contribution < 1.29 is 14.3 Å². The first-order chi connectivity index (χ1) is 8.65. The number of anilines is 1. The van der Waals surface area contributed by atoms with Gasteiger partial charge in [0.1, 0.15) is 6.61 Å². The first-order valence-corrected chi connectivity index (χ1v) is 6.66. The molecule has 4 nitrogen and oxygen atoms in total. The van der Waals surface area contributed by atoms with E-state index in [1.165, 1.54) is 5.56 Å². The Morgan fingerprint density at radius 2 is 2.22 bits per heavy atom. The molecule has 0 heterocycles. The van der Waals surface area contributed by atoms with E-state index in [1.807, 2.05) is 25.1 Å². The minimum atomic E-state index is -0.325. The summed E-state index contributed by atoms with van der Waals surface area (Å²) in [5, 5.41) is 3.24. The summed E-state index contributed by atoms with van der Waals surface area (Å²) in [6.07, 6.45) is 0. The Balaban J connectivity index is 2.22. The van der Waals surface area contributed by atoms with E-state index in [9.17, 15) is 4.79 Å². The molecule has 0 aromatic heterocycles. The van der Waals surface area contributed by atoms with Gasteiger partial charge in [0.25, 0.3) is 0 Å². The summed E-state index contributed by atoms with van der Waals surface area (Å²) in [7, 11) is 0. The van der Waals surface area contributed by atoms with Gasteiger partial charge in [0.15, 0.2) is 0 Å². The summed E-state index contributed by atoms with van der Waals surface area (Å²) in [6, 6.07) is 6.01. The van der Waals surface area contributed by atoms with Crippen LogP contribution in [0.3, 0.4) is 0 Å². The van der Waals surface area contributed by atoms with Gasteiger partial charge < -0.3 is 14.8 Å². The Morgan fingerprint density at radius 3 is 2.94 bits per heavy atom. The Hall–Kier alpha value is -1.07. The molecule has 0 unspecified atom stereocenters. The average molecular weight is 316 g/mol. The Kier molecular flexibility index (Phi) is 6.75. The molecule has 0 fully saturated rings. The number of hydrogen-bond acceptors (Lipinski definition) is 4. The van der Waals surface area contributed by atoms with Gasteiger partial charge in [-0.25, -0.2) is 4.79 Å². The molecule has 1 N–H and O–H groups in total. The quantitative estimate of drug-likeness (QED) is 0.621. The fraction of sp³-hybridized carbons (Fsp3) is 0.462. The number of benzene rings is 1. The zero-order valence-corrected chi connectivity index (χ0v) is 12.2. The predicted octanol–water partition coefficient (Wildman–Crippen LogP) is 2.75. The molecule has 1 aromatic carbocycles. The summed E-state index contributed by atoms with van der Waals surface area (Å²) in [5.74, 6) is -0.325. The van der Waals surface area contributed by atoms with E-state index in [-0.39, 0.29) is 12.6 Å². The van der Waals surface area contributed by atoms with Crippen molar-refractivity contribution in [3.8, 4) is 0 Å². The van der Waals surface area contributed by atoms with Crippen LogP contribution >= 0.6 is 15.9 Å². The van der Waals surface area contributed by atoms with Crippen LogP contribution in [0.5, 0.6) is 0 Å². The standard InChI is InChI=1S/C13H18BrNO3/c1-3-18-12(16)9-17-8-7-15-11-6-4-5-10(2)13(11)14/h4-6,15H,3,7-9H2,1-2H3. The summed E-state index contributed by atoms with van der Waals surface area (Å²) < 4.78 is 11.0. The fourth-order valence-electron chi connectivity index (χ4n) is 1.40. The van der Waals surface area contributed by atoms with Crippen LogP contribution in [-0.2, 0) is 14.3 Å². The molecular formula is C13H18BrNO3. The van der Waals surface area contributed by atoms with Crippen molar-refractivity contribution in [2.45, 2.75) is 13.8 Å². The van der Waals surface area contributed by atoms with Gasteiger partial charge in [-0.15, -0.1) is 0 Å². The number of nitrogens with one attached hydrogen (secondary N) is 1. The van der Waals surface area contributed by atoms with E-state index in [1.54, 1.807) is 6.92 Å². The van der Waals surface area contributed by atoms with Gasteiger partial charge in [-0.1, -0.05) is 12.1 Å². The van der Waals surface area contributed by atoms with Gasteiger partial charge in [-0.2, -0.15) is 0 Å². The number of halogens is 1. The largest absolute Gasteiger partial charge is 0.464 e. The van der Waals surface area contributed by atoms with Crippen LogP contribution in [0.2, 0.25) is 0 Å². The summed E-state index contributed by atoms with van der Waals surface area (Å²) in [5.41, 5.74) is 2.20. The van der Waals surface area contributed by atoms with E-state index in [4.69, 9.17) is 9.47 Å². The molecule has 1 aromatic rings. The van der Waals surface area contributed by atoms with E-state index in [2.05, 4.69) is 21.2 Å². The van der Waals surface area contributed by atoms with Crippen molar-refractivity contribution in [1.29, 1.82) is 0 Å². The number of hydrogen-bond donors (Lipinski definition) is 1. The second kappa shape index (κ2) is 8.11. The van der Waals surface area contributed by atoms with E-state index in [0.717, 1.165) is 10.2 Å². The minimum Gasteiger partial charge on any atom is -0.464 e. The van der Waals surface area contributed by atoms with Crippen LogP contribution in [0.4, 0.5) is 5.69 Å². The van der Waals surface area contributed by atoms with Crippen LogP contribution in [0, 0.1) is 6.92 Å². The highest BCUT2D eigenvalue weighted by Crippen LogP contribution is 2.25. The lowest BCUT2D eigenvalue weighted by atomic mass is 10.2. The Morgan fingerprint density at radius 1 is 1.44 bits per heavy atom. The van der Waals surface area contributed by atoms with Crippen LogP contribution in [0.25, 0.3) is 0 Å². The van der Waals surface area contributed by atoms with Crippen molar-refractivity contribution in [2.24, 2.45) is 0 Å². The van der Waals surface area contributed by atoms with Crippen molar-refractivity contribution in [1.82, 2.24) is 0 Å².